The van der Waals surface area contributed by atoms with Crippen LogP contribution in [0.5, 0.6) is 5.75 Å². The molecule has 0 aliphatic heterocycles. The molecule has 0 spiro atoms. The molecule has 2 aromatic rings. The van der Waals surface area contributed by atoms with Crippen LogP contribution in [-0.2, 0) is 12.8 Å². The molecule has 118 valence electrons. The SMILES string of the molecule is O=C(O)NC1CCc2[nH]c3ccc(OC(F)(F)F)cc3c2C1. The maximum atomic E-state index is 12.3. The van der Waals surface area contributed by atoms with Gasteiger partial charge in [-0.15, -0.1) is 13.2 Å². The molecule has 8 heteroatoms. The van der Waals surface area contributed by atoms with Gasteiger partial charge in [-0.1, -0.05) is 0 Å². The number of benzene rings is 1. The average Bonchev–Trinajstić information content (AvgIpc) is 2.74. The van der Waals surface area contributed by atoms with Crippen LogP contribution in [0, 0.1) is 0 Å². The van der Waals surface area contributed by atoms with Crippen molar-refractivity contribution >= 4 is 17.0 Å². The van der Waals surface area contributed by atoms with Crippen molar-refractivity contribution in [1.82, 2.24) is 10.3 Å². The van der Waals surface area contributed by atoms with E-state index in [4.69, 9.17) is 5.11 Å². The number of carbonyl (C=O) groups is 1. The number of nitrogens with one attached hydrogen (secondary N) is 2. The maximum Gasteiger partial charge on any atom is 0.573 e. The minimum Gasteiger partial charge on any atom is -0.465 e. The van der Waals surface area contributed by atoms with Crippen LogP contribution in [0.2, 0.25) is 0 Å². The van der Waals surface area contributed by atoms with Crippen LogP contribution in [0.4, 0.5) is 18.0 Å². The third-order valence-corrected chi connectivity index (χ3v) is 3.72. The summed E-state index contributed by atoms with van der Waals surface area (Å²) < 4.78 is 40.9. The average molecular weight is 314 g/mol. The highest BCUT2D eigenvalue weighted by Crippen LogP contribution is 2.33. The van der Waals surface area contributed by atoms with E-state index in [-0.39, 0.29) is 11.8 Å². The van der Waals surface area contributed by atoms with Gasteiger partial charge in [0.05, 0.1) is 0 Å². The van der Waals surface area contributed by atoms with Crippen LogP contribution in [0.15, 0.2) is 18.2 Å². The Labute approximate surface area is 123 Å². The fourth-order valence-electron chi connectivity index (χ4n) is 2.89. The molecule has 3 rings (SSSR count). The largest absolute Gasteiger partial charge is 0.573 e. The second-order valence-electron chi connectivity index (χ2n) is 5.23. The summed E-state index contributed by atoms with van der Waals surface area (Å²) in [5.41, 5.74) is 2.49. The quantitative estimate of drug-likeness (QED) is 0.797. The molecule has 3 N–H and O–H groups in total. The van der Waals surface area contributed by atoms with Gasteiger partial charge in [0.1, 0.15) is 5.75 Å². The summed E-state index contributed by atoms with van der Waals surface area (Å²) in [4.78, 5) is 13.9. The normalized spacial score (nSPS) is 18.0. The van der Waals surface area contributed by atoms with Crippen molar-refractivity contribution < 1.29 is 27.8 Å². The van der Waals surface area contributed by atoms with Gasteiger partial charge in [-0.3, -0.25) is 0 Å². The van der Waals surface area contributed by atoms with Crippen molar-refractivity contribution in [3.05, 3.63) is 29.5 Å². The van der Waals surface area contributed by atoms with Gasteiger partial charge >= 0.3 is 12.5 Å². The molecule has 1 unspecified atom stereocenters. The minimum absolute atomic E-state index is 0.240. The third kappa shape index (κ3) is 2.95. The molecule has 0 fully saturated rings. The van der Waals surface area contributed by atoms with Crippen molar-refractivity contribution in [2.24, 2.45) is 0 Å². The highest BCUT2D eigenvalue weighted by atomic mass is 19.4. The summed E-state index contributed by atoms with van der Waals surface area (Å²) in [6.07, 6.45) is -4.11. The van der Waals surface area contributed by atoms with E-state index in [0.717, 1.165) is 16.8 Å². The van der Waals surface area contributed by atoms with E-state index in [0.29, 0.717) is 24.6 Å². The first-order valence-electron chi connectivity index (χ1n) is 6.70. The number of halogens is 3. The summed E-state index contributed by atoms with van der Waals surface area (Å²) >= 11 is 0. The van der Waals surface area contributed by atoms with E-state index in [9.17, 15) is 18.0 Å². The van der Waals surface area contributed by atoms with Crippen molar-refractivity contribution in [3.8, 4) is 5.75 Å². The number of amides is 1. The molecule has 1 aromatic heterocycles. The fourth-order valence-corrected chi connectivity index (χ4v) is 2.89. The summed E-state index contributed by atoms with van der Waals surface area (Å²) in [7, 11) is 0. The van der Waals surface area contributed by atoms with Crippen LogP contribution in [0.1, 0.15) is 17.7 Å². The number of hydrogen-bond acceptors (Lipinski definition) is 2. The van der Waals surface area contributed by atoms with Gasteiger partial charge in [0.2, 0.25) is 0 Å². The van der Waals surface area contributed by atoms with Crippen molar-refractivity contribution in [2.75, 3.05) is 0 Å². The number of hydrogen-bond donors (Lipinski definition) is 3. The predicted molar refractivity (Wildman–Crippen MR) is 72.0 cm³/mol. The third-order valence-electron chi connectivity index (χ3n) is 3.72. The molecule has 22 heavy (non-hydrogen) atoms. The molecule has 0 saturated heterocycles. The standard InChI is InChI=1S/C14H13F3N2O3/c15-14(16,17)22-8-2-4-12-10(6-8)9-5-7(18-13(20)21)1-3-11(9)19-12/h2,4,6-7,18-19H,1,3,5H2,(H,20,21). The summed E-state index contributed by atoms with van der Waals surface area (Å²) in [6, 6.07) is 3.89. The number of rotatable bonds is 2. The lowest BCUT2D eigenvalue weighted by Crippen LogP contribution is -2.37. The van der Waals surface area contributed by atoms with Crippen LogP contribution >= 0.6 is 0 Å². The Morgan fingerprint density at radius 3 is 2.86 bits per heavy atom. The minimum atomic E-state index is -4.74. The lowest BCUT2D eigenvalue weighted by Gasteiger charge is -2.22. The molecule has 1 atom stereocenters. The molecule has 0 saturated carbocycles. The predicted octanol–water partition coefficient (Wildman–Crippen LogP) is 3.19. The van der Waals surface area contributed by atoms with Gasteiger partial charge in [0.15, 0.2) is 0 Å². The first-order valence-corrected chi connectivity index (χ1v) is 6.70. The van der Waals surface area contributed by atoms with E-state index in [1.807, 2.05) is 0 Å². The molecular formula is C14H13F3N2O3. The number of aromatic nitrogens is 1. The van der Waals surface area contributed by atoms with Gasteiger partial charge in [0, 0.05) is 22.6 Å². The number of aryl methyl sites for hydroxylation is 1. The zero-order valence-corrected chi connectivity index (χ0v) is 11.3. The van der Waals surface area contributed by atoms with Gasteiger partial charge in [0.25, 0.3) is 0 Å². The Balaban J connectivity index is 1.94. The van der Waals surface area contributed by atoms with Gasteiger partial charge in [-0.25, -0.2) is 4.79 Å². The topological polar surface area (TPSA) is 74.4 Å². The highest BCUT2D eigenvalue weighted by Gasteiger charge is 2.31. The van der Waals surface area contributed by atoms with E-state index in [1.54, 1.807) is 0 Å². The fraction of sp³-hybridized carbons (Fsp3) is 0.357. The highest BCUT2D eigenvalue weighted by molar-refractivity contribution is 5.86. The Morgan fingerprint density at radius 2 is 2.18 bits per heavy atom. The number of fused-ring (bicyclic) bond motifs is 3. The lowest BCUT2D eigenvalue weighted by atomic mass is 9.91. The van der Waals surface area contributed by atoms with Crippen LogP contribution in [-0.4, -0.2) is 28.6 Å². The summed E-state index contributed by atoms with van der Waals surface area (Å²) in [5, 5.41) is 11.8. The molecule has 5 nitrogen and oxygen atoms in total. The lowest BCUT2D eigenvalue weighted by molar-refractivity contribution is -0.274. The Morgan fingerprint density at radius 1 is 1.41 bits per heavy atom. The Hall–Kier alpha value is -2.38. The van der Waals surface area contributed by atoms with Gasteiger partial charge < -0.3 is 20.1 Å². The summed E-state index contributed by atoms with van der Waals surface area (Å²) in [5.74, 6) is -0.282. The second kappa shape index (κ2) is 5.11. The molecule has 1 heterocycles. The van der Waals surface area contributed by atoms with Gasteiger partial charge in [-0.2, -0.15) is 0 Å². The Kier molecular flexibility index (Phi) is 3.38. The zero-order valence-electron chi connectivity index (χ0n) is 11.3. The zero-order chi connectivity index (χ0) is 15.9. The van der Waals surface area contributed by atoms with Gasteiger partial charge in [-0.05, 0) is 43.0 Å². The molecule has 1 aromatic carbocycles. The van der Waals surface area contributed by atoms with E-state index in [1.165, 1.54) is 18.2 Å². The number of ether oxygens (including phenoxy) is 1. The first-order chi connectivity index (χ1) is 10.3. The van der Waals surface area contributed by atoms with E-state index >= 15 is 0 Å². The van der Waals surface area contributed by atoms with E-state index in [2.05, 4.69) is 15.0 Å². The molecular weight excluding hydrogens is 301 g/mol. The van der Waals surface area contributed by atoms with Crippen LogP contribution in [0.25, 0.3) is 10.9 Å². The second-order valence-corrected chi connectivity index (χ2v) is 5.23. The van der Waals surface area contributed by atoms with Crippen molar-refractivity contribution in [2.45, 2.75) is 31.7 Å². The number of aromatic amines is 1. The van der Waals surface area contributed by atoms with Crippen LogP contribution < -0.4 is 10.1 Å². The van der Waals surface area contributed by atoms with Crippen molar-refractivity contribution in [1.29, 1.82) is 0 Å². The molecule has 0 bridgehead atoms. The number of carboxylic acid groups (broad SMARTS) is 1. The number of H-pyrrole nitrogens is 1. The molecule has 1 aliphatic rings. The maximum absolute atomic E-state index is 12.3. The number of alkyl halides is 3. The molecule has 0 radical (unpaired) electrons. The van der Waals surface area contributed by atoms with Crippen LogP contribution in [0.3, 0.4) is 0 Å². The Bertz CT molecular complexity index is 724. The summed E-state index contributed by atoms with van der Waals surface area (Å²) in [6.45, 7) is 0. The smallest absolute Gasteiger partial charge is 0.465 e. The molecule has 1 amide bonds. The first kappa shape index (κ1) is 14.6. The monoisotopic (exact) mass is 314 g/mol. The molecule has 1 aliphatic carbocycles. The van der Waals surface area contributed by atoms with Crippen molar-refractivity contribution in [3.63, 3.8) is 0 Å². The van der Waals surface area contributed by atoms with E-state index < -0.39 is 12.5 Å².